The van der Waals surface area contributed by atoms with E-state index >= 15 is 0 Å². The molecule has 0 bridgehead atoms. The molecular weight excluding hydrogens is 429 g/mol. The number of hydrogen-bond acceptors (Lipinski definition) is 5. The van der Waals surface area contributed by atoms with E-state index in [2.05, 4.69) is 21.2 Å². The molecule has 1 unspecified atom stereocenters. The molecule has 2 atom stereocenters. The molecule has 2 aliphatic rings. The minimum Gasteiger partial charge on any atom is -0.449 e. The summed E-state index contributed by atoms with van der Waals surface area (Å²) in [5.74, 6) is -2.00. The van der Waals surface area contributed by atoms with E-state index in [1.54, 1.807) is 25.1 Å². The van der Waals surface area contributed by atoms with Gasteiger partial charge in [-0.05, 0) is 25.1 Å². The largest absolute Gasteiger partial charge is 0.449 e. The molecule has 0 radical (unpaired) electrons. The second-order valence-electron chi connectivity index (χ2n) is 7.21. The Morgan fingerprint density at radius 2 is 2.18 bits per heavy atom. The predicted molar refractivity (Wildman–Crippen MR) is 104 cm³/mol. The molecule has 146 valence electrons. The number of fused-ring (bicyclic) bond motifs is 2. The summed E-state index contributed by atoms with van der Waals surface area (Å²) in [4.78, 5) is 26.0. The van der Waals surface area contributed by atoms with Gasteiger partial charge in [0.25, 0.3) is 0 Å². The molecule has 2 aliphatic heterocycles. The van der Waals surface area contributed by atoms with Gasteiger partial charge in [-0.3, -0.25) is 4.79 Å². The number of benzene rings is 2. The van der Waals surface area contributed by atoms with Crippen LogP contribution in [0, 0.1) is 5.82 Å². The molecule has 0 aromatic heterocycles. The fourth-order valence-corrected chi connectivity index (χ4v) is 4.46. The van der Waals surface area contributed by atoms with Gasteiger partial charge >= 0.3 is 5.97 Å². The molecule has 0 saturated carbocycles. The third-order valence-corrected chi connectivity index (χ3v) is 6.17. The van der Waals surface area contributed by atoms with E-state index in [0.29, 0.717) is 29.5 Å². The van der Waals surface area contributed by atoms with E-state index in [9.17, 15) is 19.1 Å². The number of nitrogens with one attached hydrogen (secondary N) is 1. The van der Waals surface area contributed by atoms with Crippen LogP contribution in [-0.2, 0) is 15.9 Å². The Morgan fingerprint density at radius 3 is 2.82 bits per heavy atom. The lowest BCUT2D eigenvalue weighted by Gasteiger charge is -2.27. The highest BCUT2D eigenvalue weighted by atomic mass is 79.9. The summed E-state index contributed by atoms with van der Waals surface area (Å²) in [5, 5.41) is 14.4. The van der Waals surface area contributed by atoms with Crippen LogP contribution in [0.2, 0.25) is 0 Å². The van der Waals surface area contributed by atoms with Crippen molar-refractivity contribution in [2.24, 2.45) is 0 Å². The van der Waals surface area contributed by atoms with E-state index < -0.39 is 28.8 Å². The van der Waals surface area contributed by atoms with E-state index in [0.717, 1.165) is 0 Å². The maximum atomic E-state index is 14.6. The maximum absolute atomic E-state index is 14.6. The normalized spacial score (nSPS) is 22.8. The van der Waals surface area contributed by atoms with Crippen LogP contribution in [-0.4, -0.2) is 29.9 Å². The van der Waals surface area contributed by atoms with Crippen LogP contribution < -0.4 is 5.32 Å². The number of rotatable bonds is 4. The topological polar surface area (TPSA) is 75.6 Å². The smallest absolute Gasteiger partial charge is 0.340 e. The van der Waals surface area contributed by atoms with Gasteiger partial charge in [0.15, 0.2) is 17.0 Å². The number of ether oxygens (including phenoxy) is 1. The van der Waals surface area contributed by atoms with Crippen molar-refractivity contribution < 1.29 is 23.8 Å². The number of halogens is 2. The van der Waals surface area contributed by atoms with Crippen LogP contribution in [0.5, 0.6) is 0 Å². The monoisotopic (exact) mass is 447 g/mol. The first kappa shape index (κ1) is 19.2. The van der Waals surface area contributed by atoms with Gasteiger partial charge in [0.05, 0.1) is 5.56 Å². The molecule has 2 heterocycles. The Labute approximate surface area is 170 Å². The van der Waals surface area contributed by atoms with Crippen molar-refractivity contribution in [3.05, 3.63) is 68.9 Å². The zero-order valence-corrected chi connectivity index (χ0v) is 16.8. The summed E-state index contributed by atoms with van der Waals surface area (Å²) >= 11 is 3.18. The third kappa shape index (κ3) is 2.72. The Hall–Kier alpha value is -2.09. The van der Waals surface area contributed by atoms with Gasteiger partial charge in [0, 0.05) is 34.1 Å². The number of carbonyl (C=O) groups is 2. The Bertz CT molecular complexity index is 986. The molecule has 1 spiro atoms. The quantitative estimate of drug-likeness (QED) is 0.554. The standard InChI is InChI=1S/C21H19BrFNO4/c1-2-21(27,14-7-6-12(22)10-16(14)23)18(25)13-4-3-5-15-17(13)19(26)28-20(15)8-9-24-11-20/h3-7,10,24,27H,2,8-9,11H2,1H3/t20-,21?/m0/s1. The molecule has 5 nitrogen and oxygen atoms in total. The van der Waals surface area contributed by atoms with Gasteiger partial charge in [0.1, 0.15) is 5.82 Å². The average molecular weight is 448 g/mol. The van der Waals surface area contributed by atoms with Gasteiger partial charge in [-0.2, -0.15) is 0 Å². The van der Waals surface area contributed by atoms with E-state index in [1.807, 2.05) is 0 Å². The summed E-state index contributed by atoms with van der Waals surface area (Å²) in [6.45, 7) is 2.78. The molecule has 7 heteroatoms. The van der Waals surface area contributed by atoms with Crippen LogP contribution in [0.1, 0.15) is 51.6 Å². The lowest BCUT2D eigenvalue weighted by atomic mass is 9.80. The van der Waals surface area contributed by atoms with Crippen molar-refractivity contribution in [1.82, 2.24) is 5.32 Å². The van der Waals surface area contributed by atoms with Gasteiger partial charge < -0.3 is 15.2 Å². The highest BCUT2D eigenvalue weighted by Gasteiger charge is 2.50. The highest BCUT2D eigenvalue weighted by molar-refractivity contribution is 9.10. The average Bonchev–Trinajstić information content (AvgIpc) is 3.26. The Morgan fingerprint density at radius 1 is 1.39 bits per heavy atom. The van der Waals surface area contributed by atoms with E-state index in [1.165, 1.54) is 18.2 Å². The summed E-state index contributed by atoms with van der Waals surface area (Å²) in [6.07, 6.45) is 0.568. The molecule has 28 heavy (non-hydrogen) atoms. The van der Waals surface area contributed by atoms with E-state index in [4.69, 9.17) is 4.74 Å². The summed E-state index contributed by atoms with van der Waals surface area (Å²) < 4.78 is 20.7. The number of esters is 1. The fraction of sp³-hybridized carbons (Fsp3) is 0.333. The predicted octanol–water partition coefficient (Wildman–Crippen LogP) is 3.43. The zero-order valence-electron chi connectivity index (χ0n) is 15.2. The van der Waals surface area contributed by atoms with Crippen molar-refractivity contribution >= 4 is 27.7 Å². The van der Waals surface area contributed by atoms with Crippen molar-refractivity contribution in [3.8, 4) is 0 Å². The second kappa shape index (κ2) is 6.76. The molecule has 2 aromatic carbocycles. The summed E-state index contributed by atoms with van der Waals surface area (Å²) in [5.41, 5.74) is -2.13. The minimum absolute atomic E-state index is 0.0458. The zero-order chi connectivity index (χ0) is 20.1. The molecule has 4 rings (SSSR count). The number of ketones is 1. The third-order valence-electron chi connectivity index (χ3n) is 5.67. The van der Waals surface area contributed by atoms with Crippen LogP contribution >= 0.6 is 15.9 Å². The molecule has 0 amide bonds. The lowest BCUT2D eigenvalue weighted by molar-refractivity contribution is 0.00148. The van der Waals surface area contributed by atoms with Crippen LogP contribution in [0.25, 0.3) is 0 Å². The second-order valence-corrected chi connectivity index (χ2v) is 8.12. The lowest BCUT2D eigenvalue weighted by Crippen LogP contribution is -2.37. The fourth-order valence-electron chi connectivity index (χ4n) is 4.13. The maximum Gasteiger partial charge on any atom is 0.340 e. The number of carbonyl (C=O) groups excluding carboxylic acids is 2. The summed E-state index contributed by atoms with van der Waals surface area (Å²) in [7, 11) is 0. The molecule has 1 fully saturated rings. The SMILES string of the molecule is CCC(O)(C(=O)c1cccc2c1C(=O)O[C@]21CCNC1)c1ccc(Br)cc1F. The van der Waals surface area contributed by atoms with Gasteiger partial charge in [0.2, 0.25) is 0 Å². The van der Waals surface area contributed by atoms with Crippen molar-refractivity contribution in [2.75, 3.05) is 13.1 Å². The van der Waals surface area contributed by atoms with Gasteiger partial charge in [-0.25, -0.2) is 9.18 Å². The Kier molecular flexibility index (Phi) is 4.64. The van der Waals surface area contributed by atoms with Crippen LogP contribution in [0.3, 0.4) is 0 Å². The minimum atomic E-state index is -2.09. The number of aliphatic hydroxyl groups is 1. The van der Waals surface area contributed by atoms with E-state index in [-0.39, 0.29) is 23.1 Å². The first-order valence-corrected chi connectivity index (χ1v) is 9.92. The highest BCUT2D eigenvalue weighted by Crippen LogP contribution is 2.43. The molecule has 2 aromatic rings. The summed E-state index contributed by atoms with van der Waals surface area (Å²) in [6, 6.07) is 9.07. The molecule has 0 aliphatic carbocycles. The first-order valence-electron chi connectivity index (χ1n) is 9.12. The van der Waals surface area contributed by atoms with Crippen molar-refractivity contribution in [3.63, 3.8) is 0 Å². The van der Waals surface area contributed by atoms with Crippen LogP contribution in [0.4, 0.5) is 4.39 Å². The number of Topliss-reactive ketones (excluding diaryl/α,β-unsaturated/α-hetero) is 1. The van der Waals surface area contributed by atoms with Crippen LogP contribution in [0.15, 0.2) is 40.9 Å². The first-order chi connectivity index (χ1) is 13.3. The van der Waals surface area contributed by atoms with Crippen molar-refractivity contribution in [2.45, 2.75) is 31.0 Å². The number of hydrogen-bond donors (Lipinski definition) is 2. The van der Waals surface area contributed by atoms with Gasteiger partial charge in [-0.15, -0.1) is 0 Å². The Balaban J connectivity index is 1.84. The van der Waals surface area contributed by atoms with Gasteiger partial charge in [-0.1, -0.05) is 47.1 Å². The van der Waals surface area contributed by atoms with Crippen molar-refractivity contribution in [1.29, 1.82) is 0 Å². The molecule has 2 N–H and O–H groups in total. The molecular formula is C21H19BrFNO4. The molecule has 1 saturated heterocycles.